The minimum absolute atomic E-state index is 0.167. The van der Waals surface area contributed by atoms with Crippen LogP contribution in [-0.4, -0.2) is 23.1 Å². The Kier molecular flexibility index (Phi) is 4.27. The molecule has 0 atom stereocenters. The number of sulfonamides is 1. The van der Waals surface area contributed by atoms with Gasteiger partial charge in [-0.1, -0.05) is 12.1 Å². The standard InChI is InChI=1S/C16H16ClN3O2S2/c1-16(2,3)24(21,22)20-11-6-4-5-10(9-11)13-12-7-8-23-14(12)19-15(17)18-13/h4-9,20H,1-3H3. The van der Waals surface area contributed by atoms with Crippen molar-refractivity contribution in [1.82, 2.24) is 9.97 Å². The molecule has 8 heteroatoms. The highest BCUT2D eigenvalue weighted by atomic mass is 35.5. The molecule has 0 aliphatic rings. The van der Waals surface area contributed by atoms with E-state index in [4.69, 9.17) is 11.6 Å². The largest absolute Gasteiger partial charge is 0.283 e. The molecule has 0 spiro atoms. The zero-order chi connectivity index (χ0) is 17.5. The topological polar surface area (TPSA) is 72.0 Å². The van der Waals surface area contributed by atoms with Gasteiger partial charge >= 0.3 is 0 Å². The number of hydrogen-bond acceptors (Lipinski definition) is 5. The maximum atomic E-state index is 12.3. The number of thiophene rings is 1. The summed E-state index contributed by atoms with van der Waals surface area (Å²) in [4.78, 5) is 9.31. The highest BCUT2D eigenvalue weighted by molar-refractivity contribution is 7.94. The predicted octanol–water partition coefficient (Wildman–Crippen LogP) is 4.55. The normalized spacial score (nSPS) is 12.5. The molecule has 5 nitrogen and oxygen atoms in total. The first-order chi connectivity index (χ1) is 11.2. The summed E-state index contributed by atoms with van der Waals surface area (Å²) in [5.74, 6) is 0. The number of benzene rings is 1. The van der Waals surface area contributed by atoms with Crippen molar-refractivity contribution >= 4 is 48.9 Å². The summed E-state index contributed by atoms with van der Waals surface area (Å²) in [6.07, 6.45) is 0. The summed E-state index contributed by atoms with van der Waals surface area (Å²) >= 11 is 7.49. The van der Waals surface area contributed by atoms with Gasteiger partial charge in [0.1, 0.15) is 4.83 Å². The summed E-state index contributed by atoms with van der Waals surface area (Å²) in [5, 5.41) is 2.98. The van der Waals surface area contributed by atoms with Gasteiger partial charge in [-0.25, -0.2) is 18.4 Å². The Labute approximate surface area is 149 Å². The molecule has 2 heterocycles. The lowest BCUT2D eigenvalue weighted by Gasteiger charge is -2.20. The van der Waals surface area contributed by atoms with E-state index in [0.717, 1.165) is 15.8 Å². The molecule has 1 aromatic carbocycles. The lowest BCUT2D eigenvalue weighted by Crippen LogP contribution is -2.33. The van der Waals surface area contributed by atoms with E-state index in [1.54, 1.807) is 39.0 Å². The Hall–Kier alpha value is -1.70. The summed E-state index contributed by atoms with van der Waals surface area (Å²) in [6.45, 7) is 4.95. The first-order valence-electron chi connectivity index (χ1n) is 7.21. The van der Waals surface area contributed by atoms with Gasteiger partial charge in [-0.2, -0.15) is 0 Å². The van der Waals surface area contributed by atoms with Crippen molar-refractivity contribution < 1.29 is 8.42 Å². The Morgan fingerprint density at radius 1 is 1.17 bits per heavy atom. The molecule has 24 heavy (non-hydrogen) atoms. The number of fused-ring (bicyclic) bond motifs is 1. The number of rotatable bonds is 3. The number of nitrogens with zero attached hydrogens (tertiary/aromatic N) is 2. The highest BCUT2D eigenvalue weighted by Gasteiger charge is 2.28. The van der Waals surface area contributed by atoms with Crippen molar-refractivity contribution in [1.29, 1.82) is 0 Å². The van der Waals surface area contributed by atoms with Gasteiger partial charge in [0.15, 0.2) is 0 Å². The van der Waals surface area contributed by atoms with E-state index in [1.807, 2.05) is 17.5 Å². The maximum absolute atomic E-state index is 12.3. The maximum Gasteiger partial charge on any atom is 0.237 e. The molecule has 3 aromatic rings. The van der Waals surface area contributed by atoms with Gasteiger partial charge in [0, 0.05) is 16.6 Å². The predicted molar refractivity (Wildman–Crippen MR) is 100 cm³/mol. The third-order valence-corrected chi connectivity index (χ3v) is 6.58. The monoisotopic (exact) mass is 381 g/mol. The highest BCUT2D eigenvalue weighted by Crippen LogP contribution is 2.32. The first-order valence-corrected chi connectivity index (χ1v) is 9.95. The van der Waals surface area contributed by atoms with Crippen LogP contribution in [0.5, 0.6) is 0 Å². The van der Waals surface area contributed by atoms with Crippen molar-refractivity contribution in [2.45, 2.75) is 25.5 Å². The lowest BCUT2D eigenvalue weighted by atomic mass is 10.1. The van der Waals surface area contributed by atoms with E-state index in [-0.39, 0.29) is 5.28 Å². The molecule has 0 saturated carbocycles. The van der Waals surface area contributed by atoms with Crippen molar-refractivity contribution in [3.05, 3.63) is 41.0 Å². The van der Waals surface area contributed by atoms with E-state index in [0.29, 0.717) is 11.4 Å². The van der Waals surface area contributed by atoms with E-state index in [2.05, 4.69) is 14.7 Å². The Morgan fingerprint density at radius 2 is 1.92 bits per heavy atom. The van der Waals surface area contributed by atoms with Crippen molar-refractivity contribution in [2.24, 2.45) is 0 Å². The van der Waals surface area contributed by atoms with Gasteiger partial charge in [-0.3, -0.25) is 4.72 Å². The minimum Gasteiger partial charge on any atom is -0.283 e. The fourth-order valence-electron chi connectivity index (χ4n) is 2.09. The van der Waals surface area contributed by atoms with Gasteiger partial charge in [0.25, 0.3) is 0 Å². The molecule has 0 bridgehead atoms. The van der Waals surface area contributed by atoms with Crippen LogP contribution in [0.1, 0.15) is 20.8 Å². The van der Waals surface area contributed by atoms with Crippen molar-refractivity contribution in [3.8, 4) is 11.3 Å². The Balaban J connectivity index is 2.06. The van der Waals surface area contributed by atoms with E-state index in [9.17, 15) is 8.42 Å². The molecule has 0 aliphatic carbocycles. The summed E-state index contributed by atoms with van der Waals surface area (Å²) in [5.41, 5.74) is 1.94. The van der Waals surface area contributed by atoms with Crippen LogP contribution in [0.15, 0.2) is 35.7 Å². The van der Waals surface area contributed by atoms with Crippen LogP contribution < -0.4 is 4.72 Å². The van der Waals surface area contributed by atoms with Gasteiger partial charge in [-0.05, 0) is 56.0 Å². The second-order valence-corrected chi connectivity index (χ2v) is 9.95. The second-order valence-electron chi connectivity index (χ2n) is 6.28. The van der Waals surface area contributed by atoms with Gasteiger partial charge in [0.05, 0.1) is 10.4 Å². The average molecular weight is 382 g/mol. The zero-order valence-electron chi connectivity index (χ0n) is 13.4. The first kappa shape index (κ1) is 17.1. The number of hydrogen-bond donors (Lipinski definition) is 1. The van der Waals surface area contributed by atoms with Crippen LogP contribution in [0.4, 0.5) is 5.69 Å². The van der Waals surface area contributed by atoms with Crippen LogP contribution in [0.25, 0.3) is 21.5 Å². The smallest absolute Gasteiger partial charge is 0.237 e. The molecule has 0 amide bonds. The minimum atomic E-state index is -3.50. The lowest BCUT2D eigenvalue weighted by molar-refractivity contribution is 0.566. The van der Waals surface area contributed by atoms with Crippen LogP contribution in [0.2, 0.25) is 5.28 Å². The molecule has 126 valence electrons. The Morgan fingerprint density at radius 3 is 2.62 bits per heavy atom. The number of aromatic nitrogens is 2. The van der Waals surface area contributed by atoms with Gasteiger partial charge < -0.3 is 0 Å². The van der Waals surface area contributed by atoms with E-state index < -0.39 is 14.8 Å². The fourth-order valence-corrected chi connectivity index (χ4v) is 3.81. The van der Waals surface area contributed by atoms with Crippen molar-refractivity contribution in [3.63, 3.8) is 0 Å². The average Bonchev–Trinajstić information content (AvgIpc) is 2.93. The third kappa shape index (κ3) is 3.24. The van der Waals surface area contributed by atoms with E-state index >= 15 is 0 Å². The number of anilines is 1. The number of nitrogens with one attached hydrogen (secondary N) is 1. The van der Waals surface area contributed by atoms with Crippen molar-refractivity contribution in [2.75, 3.05) is 4.72 Å². The van der Waals surface area contributed by atoms with Crippen LogP contribution in [0, 0.1) is 0 Å². The molecule has 2 aromatic heterocycles. The quantitative estimate of drug-likeness (QED) is 0.675. The molecule has 0 radical (unpaired) electrons. The molecule has 0 fully saturated rings. The van der Waals surface area contributed by atoms with Crippen LogP contribution in [-0.2, 0) is 10.0 Å². The van der Waals surface area contributed by atoms with Crippen LogP contribution in [0.3, 0.4) is 0 Å². The molecular weight excluding hydrogens is 366 g/mol. The fraction of sp³-hybridized carbons (Fsp3) is 0.250. The van der Waals surface area contributed by atoms with Crippen LogP contribution >= 0.6 is 22.9 Å². The molecule has 3 rings (SSSR count). The second kappa shape index (κ2) is 5.98. The molecule has 0 saturated heterocycles. The molecule has 0 unspecified atom stereocenters. The molecular formula is C16H16ClN3O2S2. The third-order valence-electron chi connectivity index (χ3n) is 3.49. The summed E-state index contributed by atoms with van der Waals surface area (Å²) < 4.78 is 26.4. The molecule has 1 N–H and O–H groups in total. The SMILES string of the molecule is CC(C)(C)S(=O)(=O)Nc1cccc(-c2nc(Cl)nc3sccc23)c1. The summed E-state index contributed by atoms with van der Waals surface area (Å²) in [7, 11) is -3.50. The molecule has 0 aliphatic heterocycles. The number of halogens is 1. The Bertz CT molecular complexity index is 1010. The summed E-state index contributed by atoms with van der Waals surface area (Å²) in [6, 6.07) is 9.03. The van der Waals surface area contributed by atoms with Gasteiger partial charge in [0.2, 0.25) is 15.3 Å². The van der Waals surface area contributed by atoms with E-state index in [1.165, 1.54) is 11.3 Å². The van der Waals surface area contributed by atoms with Gasteiger partial charge in [-0.15, -0.1) is 11.3 Å². The zero-order valence-corrected chi connectivity index (χ0v) is 15.8.